The van der Waals surface area contributed by atoms with Crippen LogP contribution in [-0.2, 0) is 14.9 Å². The second kappa shape index (κ2) is 6.26. The monoisotopic (exact) mass is 313 g/mol. The normalized spacial score (nSPS) is 16.7. The van der Waals surface area contributed by atoms with Gasteiger partial charge in [0.25, 0.3) is 0 Å². The first-order chi connectivity index (χ1) is 10.7. The van der Waals surface area contributed by atoms with Crippen molar-refractivity contribution >= 4 is 22.4 Å². The average molecular weight is 313 g/mol. The zero-order valence-corrected chi connectivity index (χ0v) is 12.7. The van der Waals surface area contributed by atoms with Gasteiger partial charge in [-0.05, 0) is 18.4 Å². The third kappa shape index (κ3) is 2.73. The van der Waals surface area contributed by atoms with Crippen LogP contribution in [0.3, 0.4) is 0 Å². The molecule has 0 saturated carbocycles. The third-order valence-corrected chi connectivity index (χ3v) is 4.76. The van der Waals surface area contributed by atoms with Crippen LogP contribution in [-0.4, -0.2) is 24.1 Å². The van der Waals surface area contributed by atoms with Crippen LogP contribution < -0.4 is 5.32 Å². The lowest BCUT2D eigenvalue weighted by atomic mass is 9.73. The van der Waals surface area contributed by atoms with Crippen LogP contribution in [0, 0.1) is 11.3 Å². The first-order valence-electron chi connectivity index (χ1n) is 7.05. The summed E-state index contributed by atoms with van der Waals surface area (Å²) in [6.07, 6.45) is 2.75. The summed E-state index contributed by atoms with van der Waals surface area (Å²) < 4.78 is 5.43. The maximum Gasteiger partial charge on any atom is 0.236 e. The van der Waals surface area contributed by atoms with Crippen molar-refractivity contribution in [2.24, 2.45) is 0 Å². The molecular weight excluding hydrogens is 298 g/mol. The molecule has 6 heteroatoms. The van der Waals surface area contributed by atoms with E-state index in [1.807, 2.05) is 36.4 Å². The van der Waals surface area contributed by atoms with Gasteiger partial charge < -0.3 is 10.1 Å². The number of benzene rings is 1. The van der Waals surface area contributed by atoms with Crippen molar-refractivity contribution in [2.45, 2.75) is 18.3 Å². The van der Waals surface area contributed by atoms with Crippen LogP contribution in [0.25, 0.3) is 0 Å². The largest absolute Gasteiger partial charge is 0.381 e. The second-order valence-corrected chi connectivity index (χ2v) is 6.19. The molecule has 1 aromatic carbocycles. The van der Waals surface area contributed by atoms with Gasteiger partial charge in [-0.25, -0.2) is 4.98 Å². The molecule has 0 aliphatic carbocycles. The summed E-state index contributed by atoms with van der Waals surface area (Å²) in [6.45, 7) is 1.12. The summed E-state index contributed by atoms with van der Waals surface area (Å²) >= 11 is 1.18. The van der Waals surface area contributed by atoms with Crippen molar-refractivity contribution in [3.8, 4) is 6.07 Å². The molecule has 1 aliphatic rings. The number of carbonyl (C=O) groups is 1. The van der Waals surface area contributed by atoms with Crippen LogP contribution in [0.4, 0.5) is 5.13 Å². The van der Waals surface area contributed by atoms with Crippen LogP contribution in [0.15, 0.2) is 36.5 Å². The Morgan fingerprint density at radius 3 is 2.68 bits per heavy atom. The van der Waals surface area contributed by atoms with Crippen molar-refractivity contribution in [3.63, 3.8) is 0 Å². The number of nitrogens with zero attached hydrogens (tertiary/aromatic N) is 2. The van der Waals surface area contributed by atoms with Gasteiger partial charge in [-0.2, -0.15) is 5.26 Å². The van der Waals surface area contributed by atoms with Crippen molar-refractivity contribution in [3.05, 3.63) is 47.0 Å². The molecule has 1 N–H and O–H groups in total. The number of amides is 1. The Morgan fingerprint density at radius 2 is 2.05 bits per heavy atom. The first-order valence-corrected chi connectivity index (χ1v) is 7.87. The molecule has 5 nitrogen and oxygen atoms in total. The van der Waals surface area contributed by atoms with Crippen molar-refractivity contribution in [1.82, 2.24) is 4.98 Å². The van der Waals surface area contributed by atoms with Crippen LogP contribution in [0.2, 0.25) is 0 Å². The standard InChI is InChI=1S/C16H15N3O2S/c17-10-13-11-18-15(22-13)19-14(20)16(6-8-21-9-7-16)12-4-2-1-3-5-12/h1-5,11H,6-9H2,(H,18,19,20). The van der Waals surface area contributed by atoms with E-state index in [0.29, 0.717) is 36.1 Å². The smallest absolute Gasteiger partial charge is 0.236 e. The van der Waals surface area contributed by atoms with E-state index in [9.17, 15) is 4.79 Å². The van der Waals surface area contributed by atoms with Gasteiger partial charge in [-0.15, -0.1) is 0 Å². The third-order valence-electron chi connectivity index (χ3n) is 3.94. The van der Waals surface area contributed by atoms with Gasteiger partial charge in [0.15, 0.2) is 5.13 Å². The van der Waals surface area contributed by atoms with E-state index in [2.05, 4.69) is 10.3 Å². The highest BCUT2D eigenvalue weighted by molar-refractivity contribution is 7.16. The van der Waals surface area contributed by atoms with Crippen LogP contribution in [0.1, 0.15) is 23.3 Å². The predicted molar refractivity (Wildman–Crippen MR) is 83.6 cm³/mol. The minimum absolute atomic E-state index is 0.0826. The summed E-state index contributed by atoms with van der Waals surface area (Å²) in [5.41, 5.74) is 0.394. The van der Waals surface area contributed by atoms with Crippen LogP contribution >= 0.6 is 11.3 Å². The van der Waals surface area contributed by atoms with E-state index in [1.165, 1.54) is 17.5 Å². The van der Waals surface area contributed by atoms with Gasteiger partial charge in [0.05, 0.1) is 11.6 Å². The quantitative estimate of drug-likeness (QED) is 0.945. The van der Waals surface area contributed by atoms with Gasteiger partial charge in [-0.3, -0.25) is 4.79 Å². The fourth-order valence-electron chi connectivity index (χ4n) is 2.72. The molecule has 0 spiro atoms. The van der Waals surface area contributed by atoms with E-state index in [1.54, 1.807) is 0 Å². The number of aromatic nitrogens is 1. The van der Waals surface area contributed by atoms with Gasteiger partial charge in [0.1, 0.15) is 10.9 Å². The predicted octanol–water partition coefficient (Wildman–Crippen LogP) is 2.70. The number of ether oxygens (including phenoxy) is 1. The Bertz CT molecular complexity index is 700. The van der Waals surface area contributed by atoms with Crippen molar-refractivity contribution in [1.29, 1.82) is 5.26 Å². The fourth-order valence-corrected chi connectivity index (χ4v) is 3.33. The Hall–Kier alpha value is -2.23. The molecule has 0 unspecified atom stereocenters. The molecule has 2 heterocycles. The Labute approximate surface area is 132 Å². The maximum absolute atomic E-state index is 12.9. The van der Waals surface area contributed by atoms with Crippen LogP contribution in [0.5, 0.6) is 0 Å². The molecule has 0 bridgehead atoms. The highest BCUT2D eigenvalue weighted by Gasteiger charge is 2.41. The number of nitriles is 1. The first kappa shape index (κ1) is 14.7. The minimum Gasteiger partial charge on any atom is -0.381 e. The molecule has 22 heavy (non-hydrogen) atoms. The lowest BCUT2D eigenvalue weighted by Crippen LogP contribution is -2.44. The van der Waals surface area contributed by atoms with Gasteiger partial charge in [0, 0.05) is 13.2 Å². The number of hydrogen-bond acceptors (Lipinski definition) is 5. The Morgan fingerprint density at radius 1 is 1.32 bits per heavy atom. The topological polar surface area (TPSA) is 75.0 Å². The molecular formula is C16H15N3O2S. The minimum atomic E-state index is -0.599. The number of nitrogens with one attached hydrogen (secondary N) is 1. The van der Waals surface area contributed by atoms with Gasteiger partial charge in [0.2, 0.25) is 5.91 Å². The number of carbonyl (C=O) groups excluding carboxylic acids is 1. The molecule has 2 aromatic rings. The SMILES string of the molecule is N#Cc1cnc(NC(=O)C2(c3ccccc3)CCOCC2)s1. The number of hydrogen-bond donors (Lipinski definition) is 1. The Kier molecular flexibility index (Phi) is 4.18. The van der Waals surface area contributed by atoms with E-state index < -0.39 is 5.41 Å². The highest BCUT2D eigenvalue weighted by Crippen LogP contribution is 2.36. The van der Waals surface area contributed by atoms with Crippen molar-refractivity contribution in [2.75, 3.05) is 18.5 Å². The summed E-state index contributed by atoms with van der Waals surface area (Å²) in [4.78, 5) is 17.5. The Balaban J connectivity index is 1.89. The highest BCUT2D eigenvalue weighted by atomic mass is 32.1. The number of anilines is 1. The zero-order chi connectivity index (χ0) is 15.4. The second-order valence-electron chi connectivity index (χ2n) is 5.16. The molecule has 1 amide bonds. The summed E-state index contributed by atoms with van der Waals surface area (Å²) in [6, 6.07) is 11.8. The maximum atomic E-state index is 12.9. The average Bonchev–Trinajstić information content (AvgIpc) is 3.04. The fraction of sp³-hybridized carbons (Fsp3) is 0.312. The van der Waals surface area contributed by atoms with Gasteiger partial charge in [-0.1, -0.05) is 41.7 Å². The zero-order valence-electron chi connectivity index (χ0n) is 11.9. The molecule has 0 radical (unpaired) electrons. The van der Waals surface area contributed by atoms with E-state index in [-0.39, 0.29) is 5.91 Å². The molecule has 1 aromatic heterocycles. The molecule has 1 aliphatic heterocycles. The van der Waals surface area contributed by atoms with E-state index in [4.69, 9.17) is 10.00 Å². The molecule has 1 saturated heterocycles. The summed E-state index contributed by atoms with van der Waals surface area (Å²) in [7, 11) is 0. The number of rotatable bonds is 3. The lowest BCUT2D eigenvalue weighted by Gasteiger charge is -2.35. The molecule has 3 rings (SSSR count). The lowest BCUT2D eigenvalue weighted by molar-refractivity contribution is -0.125. The number of thiazole rings is 1. The summed E-state index contributed by atoms with van der Waals surface area (Å²) in [5, 5.41) is 12.2. The summed E-state index contributed by atoms with van der Waals surface area (Å²) in [5.74, 6) is -0.0826. The van der Waals surface area contributed by atoms with Gasteiger partial charge >= 0.3 is 0 Å². The molecule has 112 valence electrons. The van der Waals surface area contributed by atoms with Crippen molar-refractivity contribution < 1.29 is 9.53 Å². The molecule has 1 fully saturated rings. The molecule has 0 atom stereocenters. The van der Waals surface area contributed by atoms with E-state index in [0.717, 1.165) is 5.56 Å². The van der Waals surface area contributed by atoms with E-state index >= 15 is 0 Å².